The van der Waals surface area contributed by atoms with Crippen LogP contribution in [0.2, 0.25) is 5.02 Å². The summed E-state index contributed by atoms with van der Waals surface area (Å²) in [6.07, 6.45) is 0.829. The van der Waals surface area contributed by atoms with Crippen molar-refractivity contribution in [1.82, 2.24) is 0 Å². The molecule has 0 saturated carbocycles. The molecule has 2 N–H and O–H groups in total. The van der Waals surface area contributed by atoms with Crippen LogP contribution in [0.5, 0.6) is 5.75 Å². The number of ether oxygens (including phenoxy) is 1. The van der Waals surface area contributed by atoms with Gasteiger partial charge >= 0.3 is 0 Å². The van der Waals surface area contributed by atoms with Crippen molar-refractivity contribution in [2.24, 2.45) is 5.73 Å². The van der Waals surface area contributed by atoms with Gasteiger partial charge in [0.1, 0.15) is 11.4 Å². The van der Waals surface area contributed by atoms with E-state index in [-0.39, 0.29) is 5.60 Å². The van der Waals surface area contributed by atoms with Crippen LogP contribution in [-0.2, 0) is 0 Å². The van der Waals surface area contributed by atoms with Crippen LogP contribution < -0.4 is 10.5 Å². The van der Waals surface area contributed by atoms with Crippen molar-refractivity contribution in [3.63, 3.8) is 0 Å². The molecule has 1 aromatic rings. The summed E-state index contributed by atoms with van der Waals surface area (Å²) in [5, 5.41) is 0.717. The average molecular weight is 214 g/mol. The fourth-order valence-corrected chi connectivity index (χ4v) is 1.35. The SMILES string of the molecule is CC(C)(CCN)Oc1ccc(Cl)cc1. The van der Waals surface area contributed by atoms with E-state index < -0.39 is 0 Å². The molecule has 0 fully saturated rings. The highest BCUT2D eigenvalue weighted by Crippen LogP contribution is 2.22. The molecule has 0 radical (unpaired) electrons. The van der Waals surface area contributed by atoms with E-state index in [1.54, 1.807) is 0 Å². The normalized spacial score (nSPS) is 11.4. The molecule has 0 saturated heterocycles. The van der Waals surface area contributed by atoms with E-state index in [9.17, 15) is 0 Å². The number of benzene rings is 1. The molecule has 0 amide bonds. The van der Waals surface area contributed by atoms with Gasteiger partial charge in [-0.1, -0.05) is 11.6 Å². The molecule has 0 aromatic heterocycles. The molecule has 0 bridgehead atoms. The van der Waals surface area contributed by atoms with Crippen molar-refractivity contribution in [1.29, 1.82) is 0 Å². The first kappa shape index (κ1) is 11.3. The summed E-state index contributed by atoms with van der Waals surface area (Å²) >= 11 is 5.77. The second-order valence-electron chi connectivity index (χ2n) is 3.85. The third kappa shape index (κ3) is 3.56. The number of hydrogen-bond acceptors (Lipinski definition) is 2. The maximum atomic E-state index is 5.77. The standard InChI is InChI=1S/C11H16ClNO/c1-11(2,7-8-13)14-10-5-3-9(12)4-6-10/h3-6H,7-8,13H2,1-2H3. The van der Waals surface area contributed by atoms with Crippen LogP contribution in [0.4, 0.5) is 0 Å². The Bertz CT molecular complexity index is 282. The van der Waals surface area contributed by atoms with E-state index in [0.717, 1.165) is 12.2 Å². The van der Waals surface area contributed by atoms with Crippen LogP contribution in [0, 0.1) is 0 Å². The predicted molar refractivity (Wildman–Crippen MR) is 59.8 cm³/mol. The molecule has 0 atom stereocenters. The van der Waals surface area contributed by atoms with Crippen LogP contribution >= 0.6 is 11.6 Å². The fraction of sp³-hybridized carbons (Fsp3) is 0.455. The highest BCUT2D eigenvalue weighted by atomic mass is 35.5. The Balaban J connectivity index is 2.64. The Labute approximate surface area is 90.0 Å². The molecule has 78 valence electrons. The van der Waals surface area contributed by atoms with E-state index in [4.69, 9.17) is 22.1 Å². The van der Waals surface area contributed by atoms with Crippen molar-refractivity contribution in [3.05, 3.63) is 29.3 Å². The summed E-state index contributed by atoms with van der Waals surface area (Å²) in [4.78, 5) is 0. The van der Waals surface area contributed by atoms with Gasteiger partial charge in [-0.15, -0.1) is 0 Å². The molecule has 1 aromatic carbocycles. The van der Waals surface area contributed by atoms with E-state index in [0.29, 0.717) is 11.6 Å². The topological polar surface area (TPSA) is 35.2 Å². The Kier molecular flexibility index (Phi) is 3.78. The molecule has 3 heteroatoms. The molecule has 0 aliphatic carbocycles. The Hall–Kier alpha value is -0.730. The van der Waals surface area contributed by atoms with Gasteiger partial charge in [-0.3, -0.25) is 0 Å². The van der Waals surface area contributed by atoms with Gasteiger partial charge in [-0.05, 0) is 51.1 Å². The molecule has 1 rings (SSSR count). The van der Waals surface area contributed by atoms with Gasteiger partial charge < -0.3 is 10.5 Å². The van der Waals surface area contributed by atoms with E-state index in [1.807, 2.05) is 38.1 Å². The average Bonchev–Trinajstić information content (AvgIpc) is 2.08. The van der Waals surface area contributed by atoms with Gasteiger partial charge in [0.2, 0.25) is 0 Å². The van der Waals surface area contributed by atoms with E-state index >= 15 is 0 Å². The van der Waals surface area contributed by atoms with Gasteiger partial charge in [-0.2, -0.15) is 0 Å². The van der Waals surface area contributed by atoms with Crippen molar-refractivity contribution in [2.45, 2.75) is 25.9 Å². The zero-order valence-corrected chi connectivity index (χ0v) is 9.34. The molecule has 0 aliphatic rings. The molecule has 0 heterocycles. The smallest absolute Gasteiger partial charge is 0.120 e. The van der Waals surface area contributed by atoms with Crippen LogP contribution in [0.3, 0.4) is 0 Å². The summed E-state index contributed by atoms with van der Waals surface area (Å²) in [6, 6.07) is 7.35. The summed E-state index contributed by atoms with van der Waals surface area (Å²) in [6.45, 7) is 4.67. The zero-order valence-electron chi connectivity index (χ0n) is 8.59. The molecular weight excluding hydrogens is 198 g/mol. The highest BCUT2D eigenvalue weighted by molar-refractivity contribution is 6.30. The summed E-state index contributed by atoms with van der Waals surface area (Å²) < 4.78 is 5.76. The lowest BCUT2D eigenvalue weighted by Crippen LogP contribution is -2.31. The van der Waals surface area contributed by atoms with Crippen LogP contribution in [0.15, 0.2) is 24.3 Å². The van der Waals surface area contributed by atoms with E-state index in [1.165, 1.54) is 0 Å². The monoisotopic (exact) mass is 213 g/mol. The second kappa shape index (κ2) is 4.67. The van der Waals surface area contributed by atoms with Crippen molar-refractivity contribution in [2.75, 3.05) is 6.54 Å². The number of halogens is 1. The lowest BCUT2D eigenvalue weighted by atomic mass is 10.1. The van der Waals surface area contributed by atoms with Gasteiger partial charge in [0.25, 0.3) is 0 Å². The van der Waals surface area contributed by atoms with Crippen LogP contribution in [0.1, 0.15) is 20.3 Å². The Morgan fingerprint density at radius 2 is 1.86 bits per heavy atom. The van der Waals surface area contributed by atoms with Crippen molar-refractivity contribution < 1.29 is 4.74 Å². The molecule has 2 nitrogen and oxygen atoms in total. The summed E-state index contributed by atoms with van der Waals surface area (Å²) in [5.74, 6) is 0.827. The first-order valence-corrected chi connectivity index (χ1v) is 5.06. The second-order valence-corrected chi connectivity index (χ2v) is 4.29. The minimum absolute atomic E-state index is 0.220. The zero-order chi connectivity index (χ0) is 10.6. The number of nitrogens with two attached hydrogens (primary N) is 1. The van der Waals surface area contributed by atoms with Crippen molar-refractivity contribution in [3.8, 4) is 5.75 Å². The third-order valence-electron chi connectivity index (χ3n) is 1.95. The Morgan fingerprint density at radius 3 is 2.36 bits per heavy atom. The molecule has 0 aliphatic heterocycles. The quantitative estimate of drug-likeness (QED) is 0.835. The number of rotatable bonds is 4. The lowest BCUT2D eigenvalue weighted by Gasteiger charge is -2.25. The summed E-state index contributed by atoms with van der Waals surface area (Å²) in [5.41, 5.74) is 5.27. The van der Waals surface area contributed by atoms with Gasteiger partial charge in [0, 0.05) is 5.02 Å². The van der Waals surface area contributed by atoms with Crippen LogP contribution in [0.25, 0.3) is 0 Å². The third-order valence-corrected chi connectivity index (χ3v) is 2.21. The highest BCUT2D eigenvalue weighted by Gasteiger charge is 2.18. The first-order valence-electron chi connectivity index (χ1n) is 4.68. The van der Waals surface area contributed by atoms with Gasteiger partial charge in [0.05, 0.1) is 0 Å². The molecular formula is C11H16ClNO. The predicted octanol–water partition coefficient (Wildman–Crippen LogP) is 2.85. The van der Waals surface area contributed by atoms with Gasteiger partial charge in [-0.25, -0.2) is 0 Å². The lowest BCUT2D eigenvalue weighted by molar-refractivity contribution is 0.102. The van der Waals surface area contributed by atoms with Crippen molar-refractivity contribution >= 4 is 11.6 Å². The van der Waals surface area contributed by atoms with E-state index in [2.05, 4.69) is 0 Å². The molecule has 0 spiro atoms. The minimum Gasteiger partial charge on any atom is -0.488 e. The maximum Gasteiger partial charge on any atom is 0.120 e. The van der Waals surface area contributed by atoms with Crippen LogP contribution in [-0.4, -0.2) is 12.1 Å². The van der Waals surface area contributed by atoms with Gasteiger partial charge in [0.15, 0.2) is 0 Å². The fourth-order valence-electron chi connectivity index (χ4n) is 1.22. The maximum absolute atomic E-state index is 5.77. The minimum atomic E-state index is -0.220. The summed E-state index contributed by atoms with van der Waals surface area (Å²) in [7, 11) is 0. The number of hydrogen-bond donors (Lipinski definition) is 1. The molecule has 14 heavy (non-hydrogen) atoms. The first-order chi connectivity index (χ1) is 6.53. The molecule has 0 unspecified atom stereocenters. The Morgan fingerprint density at radius 1 is 1.29 bits per heavy atom. The largest absolute Gasteiger partial charge is 0.488 e.